The molecule has 0 aromatic rings. The van der Waals surface area contributed by atoms with Gasteiger partial charge in [0, 0.05) is 25.7 Å². The minimum atomic E-state index is -4.96. The number of phosphoric acid groups is 2. The van der Waals surface area contributed by atoms with Crippen LogP contribution in [0, 0.1) is 23.7 Å². The van der Waals surface area contributed by atoms with Gasteiger partial charge in [-0.3, -0.25) is 37.3 Å². The highest BCUT2D eigenvalue weighted by Gasteiger charge is 2.30. The predicted molar refractivity (Wildman–Crippen MR) is 409 cm³/mol. The smallest absolute Gasteiger partial charge is 0.462 e. The SMILES string of the molecule is CCC(C)CCCCCCCCCCC(=O)OC[C@H](COP(=O)(O)OC[C@H](O)COP(=O)(O)OC[C@@H](COC(=O)CCCCCCCCCCCCCCCCCC(C)C)OC(=O)CCCCCCCCCCCCCCCCCC(C)C)OC(=O)CCCCCCCCCCCC(C)C. The van der Waals surface area contributed by atoms with E-state index in [0.29, 0.717) is 25.7 Å². The number of aliphatic hydroxyl groups is 1. The third kappa shape index (κ3) is 73.0. The number of hydrogen-bond donors (Lipinski definition) is 3. The van der Waals surface area contributed by atoms with Crippen molar-refractivity contribution in [3.05, 3.63) is 0 Å². The Kier molecular flexibility index (Phi) is 68.7. The average molecular weight is 1470 g/mol. The summed E-state index contributed by atoms with van der Waals surface area (Å²) in [5, 5.41) is 10.6. The Balaban J connectivity index is 5.26. The van der Waals surface area contributed by atoms with Crippen molar-refractivity contribution < 1.29 is 80.2 Å². The van der Waals surface area contributed by atoms with Crippen molar-refractivity contribution >= 4 is 39.5 Å². The van der Waals surface area contributed by atoms with Crippen LogP contribution in [0.5, 0.6) is 0 Å². The molecule has 594 valence electrons. The normalized spacial score (nSPS) is 14.3. The fourth-order valence-corrected chi connectivity index (χ4v) is 14.0. The number of hydrogen-bond acceptors (Lipinski definition) is 15. The lowest BCUT2D eigenvalue weighted by atomic mass is 9.99. The van der Waals surface area contributed by atoms with Gasteiger partial charge >= 0.3 is 39.5 Å². The summed E-state index contributed by atoms with van der Waals surface area (Å²) in [6, 6.07) is 0. The van der Waals surface area contributed by atoms with Gasteiger partial charge in [-0.2, -0.15) is 0 Å². The predicted octanol–water partition coefficient (Wildman–Crippen LogP) is 24.0. The molecule has 6 atom stereocenters. The Bertz CT molecular complexity index is 1960. The minimum Gasteiger partial charge on any atom is -0.462 e. The maximum atomic E-state index is 13.1. The molecular weight excluding hydrogens is 1310 g/mol. The molecule has 0 saturated heterocycles. The van der Waals surface area contributed by atoms with Crippen LogP contribution in [0.1, 0.15) is 415 Å². The van der Waals surface area contributed by atoms with E-state index in [4.69, 9.17) is 37.0 Å². The van der Waals surface area contributed by atoms with E-state index in [9.17, 15) is 43.2 Å². The van der Waals surface area contributed by atoms with Gasteiger partial charge in [0.05, 0.1) is 26.4 Å². The lowest BCUT2D eigenvalue weighted by Crippen LogP contribution is -2.30. The molecule has 0 saturated carbocycles. The highest BCUT2D eigenvalue weighted by Crippen LogP contribution is 2.45. The Morgan fingerprint density at radius 3 is 0.710 bits per heavy atom. The molecule has 0 aliphatic carbocycles. The van der Waals surface area contributed by atoms with Gasteiger partial charge < -0.3 is 33.8 Å². The molecule has 0 aromatic heterocycles. The third-order valence-electron chi connectivity index (χ3n) is 19.2. The average Bonchev–Trinajstić information content (AvgIpc) is 0.920. The molecule has 0 aliphatic rings. The van der Waals surface area contributed by atoms with Crippen molar-refractivity contribution in [3.8, 4) is 0 Å². The van der Waals surface area contributed by atoms with Crippen molar-refractivity contribution in [2.45, 2.75) is 433 Å². The number of unbranched alkanes of at least 4 members (excludes halogenated alkanes) is 43. The lowest BCUT2D eigenvalue weighted by molar-refractivity contribution is -0.161. The molecule has 19 heteroatoms. The molecular formula is C81H158O17P2. The van der Waals surface area contributed by atoms with Gasteiger partial charge in [0.25, 0.3) is 0 Å². The second-order valence-electron chi connectivity index (χ2n) is 30.8. The van der Waals surface area contributed by atoms with Crippen LogP contribution in [0.25, 0.3) is 0 Å². The Hall–Kier alpha value is -1.94. The molecule has 100 heavy (non-hydrogen) atoms. The molecule has 0 radical (unpaired) electrons. The highest BCUT2D eigenvalue weighted by molar-refractivity contribution is 7.47. The van der Waals surface area contributed by atoms with Crippen LogP contribution in [0.15, 0.2) is 0 Å². The quantitative estimate of drug-likeness (QED) is 0.0222. The van der Waals surface area contributed by atoms with Gasteiger partial charge in [-0.05, 0) is 49.4 Å². The van der Waals surface area contributed by atoms with E-state index in [0.717, 1.165) is 114 Å². The molecule has 0 heterocycles. The standard InChI is InChI=1S/C81H158O17P2/c1-9-74(8)60-52-44-36-31-32-38-46-54-62-79(84)92-68-77(98-81(86)64-56-48-40-30-24-27-35-43-51-59-73(6)7)70-96-100(89,90)94-66-75(82)65-93-99(87,88)95-69-76(97-80(85)63-55-47-39-29-23-19-15-11-13-17-21-26-34-42-50-58-72(4)5)67-91-78(83)61-53-45-37-28-22-18-14-10-12-16-20-25-33-41-49-57-71(2)3/h71-77,82H,9-70H2,1-8H3,(H,87,88)(H,89,90)/t74?,75-,76-,77-/m1/s1. The third-order valence-corrected chi connectivity index (χ3v) is 21.1. The van der Waals surface area contributed by atoms with Crippen molar-refractivity contribution in [2.75, 3.05) is 39.6 Å². The molecule has 0 aliphatic heterocycles. The molecule has 3 N–H and O–H groups in total. The second kappa shape index (κ2) is 70.1. The van der Waals surface area contributed by atoms with Gasteiger partial charge in [-0.25, -0.2) is 9.13 Å². The summed E-state index contributed by atoms with van der Waals surface area (Å²) in [4.78, 5) is 73.0. The first-order chi connectivity index (χ1) is 48.1. The maximum Gasteiger partial charge on any atom is 0.472 e. The summed E-state index contributed by atoms with van der Waals surface area (Å²) in [6.45, 7) is 14.3. The molecule has 0 rings (SSSR count). The molecule has 0 aromatic carbocycles. The van der Waals surface area contributed by atoms with Gasteiger partial charge in [0.2, 0.25) is 0 Å². The summed E-state index contributed by atoms with van der Waals surface area (Å²) < 4.78 is 68.7. The van der Waals surface area contributed by atoms with Gasteiger partial charge in [0.1, 0.15) is 19.3 Å². The molecule has 17 nitrogen and oxygen atoms in total. The first kappa shape index (κ1) is 98.1. The zero-order chi connectivity index (χ0) is 73.8. The molecule has 0 amide bonds. The largest absolute Gasteiger partial charge is 0.472 e. The van der Waals surface area contributed by atoms with Crippen LogP contribution in [0.4, 0.5) is 0 Å². The van der Waals surface area contributed by atoms with Crippen molar-refractivity contribution in [3.63, 3.8) is 0 Å². The number of rotatable bonds is 78. The summed E-state index contributed by atoms with van der Waals surface area (Å²) in [6.07, 6.45) is 56.8. The van der Waals surface area contributed by atoms with Gasteiger partial charge in [-0.1, -0.05) is 364 Å². The Labute approximate surface area is 613 Å². The van der Waals surface area contributed by atoms with E-state index in [1.807, 2.05) is 0 Å². The van der Waals surface area contributed by atoms with E-state index in [1.54, 1.807) is 0 Å². The number of aliphatic hydroxyl groups excluding tert-OH is 1. The number of phosphoric ester groups is 2. The summed E-state index contributed by atoms with van der Waals surface area (Å²) >= 11 is 0. The lowest BCUT2D eigenvalue weighted by Gasteiger charge is -2.21. The van der Waals surface area contributed by atoms with Gasteiger partial charge in [0.15, 0.2) is 12.2 Å². The maximum absolute atomic E-state index is 13.1. The highest BCUT2D eigenvalue weighted by atomic mass is 31.2. The summed E-state index contributed by atoms with van der Waals surface area (Å²) in [5.74, 6) is 1.01. The number of ether oxygens (including phenoxy) is 4. The van der Waals surface area contributed by atoms with Crippen LogP contribution >= 0.6 is 15.6 Å². The van der Waals surface area contributed by atoms with Crippen LogP contribution < -0.4 is 0 Å². The monoisotopic (exact) mass is 1470 g/mol. The molecule has 0 bridgehead atoms. The summed E-state index contributed by atoms with van der Waals surface area (Å²) in [7, 11) is -9.92. The number of esters is 4. The Morgan fingerprint density at radius 1 is 0.280 bits per heavy atom. The fourth-order valence-electron chi connectivity index (χ4n) is 12.4. The van der Waals surface area contributed by atoms with Crippen molar-refractivity contribution in [2.24, 2.45) is 23.7 Å². The zero-order valence-electron chi connectivity index (χ0n) is 65.8. The Morgan fingerprint density at radius 2 is 0.480 bits per heavy atom. The summed E-state index contributed by atoms with van der Waals surface area (Å²) in [5.41, 5.74) is 0. The second-order valence-corrected chi connectivity index (χ2v) is 33.7. The molecule has 0 fully saturated rings. The van der Waals surface area contributed by atoms with Crippen LogP contribution in [0.3, 0.4) is 0 Å². The molecule has 0 spiro atoms. The molecule has 3 unspecified atom stereocenters. The van der Waals surface area contributed by atoms with E-state index >= 15 is 0 Å². The van der Waals surface area contributed by atoms with E-state index in [-0.39, 0.29) is 25.7 Å². The van der Waals surface area contributed by atoms with Crippen molar-refractivity contribution in [1.82, 2.24) is 0 Å². The van der Waals surface area contributed by atoms with Crippen molar-refractivity contribution in [1.29, 1.82) is 0 Å². The van der Waals surface area contributed by atoms with Gasteiger partial charge in [-0.15, -0.1) is 0 Å². The van der Waals surface area contributed by atoms with E-state index < -0.39 is 97.5 Å². The topological polar surface area (TPSA) is 237 Å². The zero-order valence-corrected chi connectivity index (χ0v) is 67.6. The van der Waals surface area contributed by atoms with Crippen LogP contribution in [0.2, 0.25) is 0 Å². The minimum absolute atomic E-state index is 0.105. The first-order valence-electron chi connectivity index (χ1n) is 41.7. The van der Waals surface area contributed by atoms with Crippen LogP contribution in [-0.2, 0) is 65.4 Å². The van der Waals surface area contributed by atoms with E-state index in [2.05, 4.69) is 55.4 Å². The number of carbonyl (C=O) groups excluding carboxylic acids is 4. The first-order valence-corrected chi connectivity index (χ1v) is 44.7. The van der Waals surface area contributed by atoms with E-state index in [1.165, 1.54) is 218 Å². The number of carbonyl (C=O) groups is 4. The fraction of sp³-hybridized carbons (Fsp3) is 0.951. The van der Waals surface area contributed by atoms with Crippen LogP contribution in [-0.4, -0.2) is 96.7 Å².